The normalized spacial score (nSPS) is 18.5. The molecular formula is C17H21N3O3. The maximum Gasteiger partial charge on any atom is 0.261 e. The molecule has 1 aromatic rings. The van der Waals surface area contributed by atoms with Crippen LogP contribution >= 0.6 is 0 Å². The molecule has 3 rings (SSSR count). The molecule has 122 valence electrons. The van der Waals surface area contributed by atoms with Crippen molar-refractivity contribution >= 4 is 17.7 Å². The zero-order valence-corrected chi connectivity index (χ0v) is 13.5. The average molecular weight is 315 g/mol. The van der Waals surface area contributed by atoms with Gasteiger partial charge in [0, 0.05) is 25.7 Å². The molecule has 1 N–H and O–H groups in total. The second kappa shape index (κ2) is 6.12. The standard InChI is InChI=1S/C17H21N3O3/c1-18-10-11-5-7-20(8-6-11)15(21)12-3-4-13-14(9-12)17(23)19(2)16(13)22/h3-4,9,11,18H,5-8,10H2,1-2H3. The van der Waals surface area contributed by atoms with E-state index in [0.29, 0.717) is 22.6 Å². The van der Waals surface area contributed by atoms with Crippen LogP contribution in [0.4, 0.5) is 0 Å². The highest BCUT2D eigenvalue weighted by atomic mass is 16.2. The minimum absolute atomic E-state index is 0.0643. The first-order chi connectivity index (χ1) is 11.0. The van der Waals surface area contributed by atoms with Gasteiger partial charge in [-0.05, 0) is 50.6 Å². The van der Waals surface area contributed by atoms with Gasteiger partial charge in [-0.15, -0.1) is 0 Å². The summed E-state index contributed by atoms with van der Waals surface area (Å²) < 4.78 is 0. The van der Waals surface area contributed by atoms with Crippen LogP contribution in [0.15, 0.2) is 18.2 Å². The minimum atomic E-state index is -0.340. The van der Waals surface area contributed by atoms with Gasteiger partial charge in [-0.3, -0.25) is 19.3 Å². The number of rotatable bonds is 3. The molecule has 2 heterocycles. The van der Waals surface area contributed by atoms with Crippen molar-refractivity contribution in [3.8, 4) is 0 Å². The summed E-state index contributed by atoms with van der Waals surface area (Å²) in [7, 11) is 3.40. The quantitative estimate of drug-likeness (QED) is 0.844. The Morgan fingerprint density at radius 3 is 2.48 bits per heavy atom. The van der Waals surface area contributed by atoms with Gasteiger partial charge in [0.1, 0.15) is 0 Å². The Bertz CT molecular complexity index is 663. The Morgan fingerprint density at radius 1 is 1.17 bits per heavy atom. The van der Waals surface area contributed by atoms with E-state index in [0.717, 1.165) is 37.4 Å². The smallest absolute Gasteiger partial charge is 0.261 e. The lowest BCUT2D eigenvalue weighted by atomic mass is 9.96. The number of hydrogen-bond donors (Lipinski definition) is 1. The fourth-order valence-corrected chi connectivity index (χ4v) is 3.31. The number of carbonyl (C=O) groups excluding carboxylic acids is 3. The molecule has 0 spiro atoms. The van der Waals surface area contributed by atoms with Crippen molar-refractivity contribution in [2.45, 2.75) is 12.8 Å². The lowest BCUT2D eigenvalue weighted by Crippen LogP contribution is -2.40. The molecule has 0 unspecified atom stereocenters. The first-order valence-corrected chi connectivity index (χ1v) is 7.93. The van der Waals surface area contributed by atoms with Crippen LogP contribution in [-0.2, 0) is 0 Å². The molecule has 0 aromatic heterocycles. The number of likely N-dealkylation sites (tertiary alicyclic amines) is 1. The zero-order valence-electron chi connectivity index (χ0n) is 13.5. The van der Waals surface area contributed by atoms with Crippen LogP contribution in [-0.4, -0.2) is 61.3 Å². The van der Waals surface area contributed by atoms with Crippen LogP contribution in [0.3, 0.4) is 0 Å². The lowest BCUT2D eigenvalue weighted by molar-refractivity contribution is 0.0684. The number of piperidine rings is 1. The Labute approximate surface area is 135 Å². The molecule has 23 heavy (non-hydrogen) atoms. The third-order valence-corrected chi connectivity index (χ3v) is 4.73. The van der Waals surface area contributed by atoms with Gasteiger partial charge in [0.25, 0.3) is 17.7 Å². The van der Waals surface area contributed by atoms with Crippen molar-refractivity contribution in [3.05, 3.63) is 34.9 Å². The number of hydrogen-bond acceptors (Lipinski definition) is 4. The Morgan fingerprint density at radius 2 is 1.83 bits per heavy atom. The van der Waals surface area contributed by atoms with Crippen LogP contribution in [0.1, 0.15) is 43.9 Å². The van der Waals surface area contributed by atoms with Gasteiger partial charge in [0.05, 0.1) is 11.1 Å². The topological polar surface area (TPSA) is 69.7 Å². The SMILES string of the molecule is CNCC1CCN(C(=O)c2ccc3c(c2)C(=O)N(C)C3=O)CC1. The third kappa shape index (κ3) is 2.74. The second-order valence-corrected chi connectivity index (χ2v) is 6.22. The monoisotopic (exact) mass is 315 g/mol. The number of imide groups is 1. The van der Waals surface area contributed by atoms with E-state index >= 15 is 0 Å². The summed E-state index contributed by atoms with van der Waals surface area (Å²) in [6.45, 7) is 2.44. The predicted molar refractivity (Wildman–Crippen MR) is 85.4 cm³/mol. The van der Waals surface area contributed by atoms with Crippen LogP contribution in [0, 0.1) is 5.92 Å². The second-order valence-electron chi connectivity index (χ2n) is 6.22. The molecule has 3 amide bonds. The molecule has 6 nitrogen and oxygen atoms in total. The molecule has 0 bridgehead atoms. The van der Waals surface area contributed by atoms with Gasteiger partial charge in [0.15, 0.2) is 0 Å². The molecule has 0 aliphatic carbocycles. The predicted octanol–water partition coefficient (Wildman–Crippen LogP) is 0.984. The fourth-order valence-electron chi connectivity index (χ4n) is 3.31. The van der Waals surface area contributed by atoms with Crippen molar-refractivity contribution in [2.24, 2.45) is 5.92 Å². The highest BCUT2D eigenvalue weighted by molar-refractivity contribution is 6.21. The lowest BCUT2D eigenvalue weighted by Gasteiger charge is -2.32. The molecule has 2 aliphatic rings. The number of benzene rings is 1. The summed E-state index contributed by atoms with van der Waals surface area (Å²) in [5, 5.41) is 3.18. The van der Waals surface area contributed by atoms with E-state index < -0.39 is 0 Å². The first kappa shape index (κ1) is 15.7. The molecule has 1 fully saturated rings. The van der Waals surface area contributed by atoms with Crippen molar-refractivity contribution in [1.29, 1.82) is 0 Å². The summed E-state index contributed by atoms with van der Waals surface area (Å²) in [6.07, 6.45) is 1.97. The van der Waals surface area contributed by atoms with E-state index in [-0.39, 0.29) is 17.7 Å². The van der Waals surface area contributed by atoms with E-state index in [4.69, 9.17) is 0 Å². The molecule has 2 aliphatic heterocycles. The zero-order chi connectivity index (χ0) is 16.6. The largest absolute Gasteiger partial charge is 0.339 e. The van der Waals surface area contributed by atoms with Crippen molar-refractivity contribution < 1.29 is 14.4 Å². The fraction of sp³-hybridized carbons (Fsp3) is 0.471. The Balaban J connectivity index is 1.75. The summed E-state index contributed by atoms with van der Waals surface area (Å²) >= 11 is 0. The molecule has 0 saturated carbocycles. The molecular weight excluding hydrogens is 294 g/mol. The van der Waals surface area contributed by atoms with Crippen LogP contribution < -0.4 is 5.32 Å². The summed E-state index contributed by atoms with van der Waals surface area (Å²) in [6, 6.07) is 4.78. The van der Waals surface area contributed by atoms with E-state index in [1.165, 1.54) is 7.05 Å². The maximum atomic E-state index is 12.6. The van der Waals surface area contributed by atoms with Gasteiger partial charge >= 0.3 is 0 Å². The summed E-state index contributed by atoms with van der Waals surface area (Å²) in [4.78, 5) is 39.5. The van der Waals surface area contributed by atoms with Gasteiger partial charge in [0.2, 0.25) is 0 Å². The minimum Gasteiger partial charge on any atom is -0.339 e. The summed E-state index contributed by atoms with van der Waals surface area (Å²) in [5.74, 6) is -0.105. The molecule has 6 heteroatoms. The van der Waals surface area contributed by atoms with Gasteiger partial charge in [-0.1, -0.05) is 0 Å². The van der Waals surface area contributed by atoms with E-state index in [9.17, 15) is 14.4 Å². The molecule has 1 saturated heterocycles. The van der Waals surface area contributed by atoms with E-state index in [1.54, 1.807) is 18.2 Å². The number of nitrogens with one attached hydrogen (secondary N) is 1. The van der Waals surface area contributed by atoms with Crippen molar-refractivity contribution in [1.82, 2.24) is 15.1 Å². The van der Waals surface area contributed by atoms with E-state index in [1.807, 2.05) is 11.9 Å². The van der Waals surface area contributed by atoms with Gasteiger partial charge in [-0.25, -0.2) is 0 Å². The van der Waals surface area contributed by atoms with Gasteiger partial charge in [-0.2, -0.15) is 0 Å². The van der Waals surface area contributed by atoms with Gasteiger partial charge < -0.3 is 10.2 Å². The molecule has 0 radical (unpaired) electrons. The van der Waals surface area contributed by atoms with Crippen LogP contribution in [0.25, 0.3) is 0 Å². The summed E-state index contributed by atoms with van der Waals surface area (Å²) in [5.41, 5.74) is 1.18. The highest BCUT2D eigenvalue weighted by Gasteiger charge is 2.33. The third-order valence-electron chi connectivity index (χ3n) is 4.73. The van der Waals surface area contributed by atoms with Crippen LogP contribution in [0.5, 0.6) is 0 Å². The molecule has 1 aromatic carbocycles. The Hall–Kier alpha value is -2.21. The Kier molecular flexibility index (Phi) is 4.17. The number of nitrogens with zero attached hydrogens (tertiary/aromatic N) is 2. The number of amides is 3. The number of carbonyl (C=O) groups is 3. The molecule has 0 atom stereocenters. The highest BCUT2D eigenvalue weighted by Crippen LogP contribution is 2.24. The van der Waals surface area contributed by atoms with Crippen molar-refractivity contribution in [2.75, 3.05) is 33.7 Å². The van der Waals surface area contributed by atoms with E-state index in [2.05, 4.69) is 5.32 Å². The van der Waals surface area contributed by atoms with Crippen molar-refractivity contribution in [3.63, 3.8) is 0 Å². The maximum absolute atomic E-state index is 12.6. The first-order valence-electron chi connectivity index (χ1n) is 7.93. The van der Waals surface area contributed by atoms with Crippen LogP contribution in [0.2, 0.25) is 0 Å². The average Bonchev–Trinajstić information content (AvgIpc) is 2.79. The number of fused-ring (bicyclic) bond motifs is 1.